The van der Waals surface area contributed by atoms with E-state index in [0.29, 0.717) is 12.4 Å². The van der Waals surface area contributed by atoms with Gasteiger partial charge in [0, 0.05) is 32.7 Å². The Balaban J connectivity index is 0.00000182. The van der Waals surface area contributed by atoms with E-state index < -0.39 is 11.9 Å². The van der Waals surface area contributed by atoms with E-state index >= 15 is 0 Å². The van der Waals surface area contributed by atoms with E-state index in [0.717, 1.165) is 31.7 Å². The topological polar surface area (TPSA) is 74.7 Å². The molecule has 1 aliphatic heterocycles. The minimum Gasteiger partial charge on any atom is -0.390 e. The number of piperazine rings is 1. The molecule has 1 aliphatic rings. The largest absolute Gasteiger partial charge is 0.441 e. The summed E-state index contributed by atoms with van der Waals surface area (Å²) in [6, 6.07) is 9.74. The number of hydrogen-bond acceptors (Lipinski definition) is 6. The molecule has 1 fully saturated rings. The van der Waals surface area contributed by atoms with E-state index in [1.54, 1.807) is 6.08 Å². The van der Waals surface area contributed by atoms with Gasteiger partial charge >= 0.3 is 5.76 Å². The van der Waals surface area contributed by atoms with E-state index in [-0.39, 0.29) is 31.4 Å². The molecule has 0 amide bonds. The molecule has 1 atom stereocenters. The molecular weight excluding hydrogens is 391 g/mol. The second-order valence-corrected chi connectivity index (χ2v) is 6.42. The first-order valence-electron chi connectivity index (χ1n) is 8.50. The summed E-state index contributed by atoms with van der Waals surface area (Å²) in [6.45, 7) is 4.53. The fourth-order valence-corrected chi connectivity index (χ4v) is 2.90. The number of β-amino-alcohol motifs (C(OH)–C–C–N with tert-alkyl or cyclic N) is 1. The lowest BCUT2D eigenvalue weighted by Gasteiger charge is -2.33. The van der Waals surface area contributed by atoms with Crippen molar-refractivity contribution in [1.82, 2.24) is 19.5 Å². The van der Waals surface area contributed by atoms with Crippen LogP contribution >= 0.6 is 24.8 Å². The van der Waals surface area contributed by atoms with E-state index in [1.165, 1.54) is 4.57 Å². The number of nitrogens with zero attached hydrogens (tertiary/aromatic N) is 4. The summed E-state index contributed by atoms with van der Waals surface area (Å²) in [4.78, 5) is 16.4. The van der Waals surface area contributed by atoms with Crippen molar-refractivity contribution in [2.24, 2.45) is 0 Å². The molecular formula is C18H26Cl2N4O3. The summed E-state index contributed by atoms with van der Waals surface area (Å²) < 4.78 is 6.14. The van der Waals surface area contributed by atoms with Crippen molar-refractivity contribution in [3.63, 3.8) is 0 Å². The number of aliphatic hydroxyl groups excluding tert-OH is 1. The van der Waals surface area contributed by atoms with Crippen molar-refractivity contribution in [1.29, 1.82) is 0 Å². The fourth-order valence-electron chi connectivity index (χ4n) is 2.90. The Bertz CT molecular complexity index is 755. The Morgan fingerprint density at radius 3 is 2.44 bits per heavy atom. The molecule has 2 aromatic rings. The van der Waals surface area contributed by atoms with Crippen molar-refractivity contribution in [3.05, 3.63) is 52.3 Å². The number of aliphatic hydroxyl groups is 1. The molecule has 0 bridgehead atoms. The molecule has 27 heavy (non-hydrogen) atoms. The number of halogens is 2. The Hall–Kier alpha value is -1.64. The van der Waals surface area contributed by atoms with Crippen LogP contribution < -0.4 is 5.76 Å². The molecule has 2 heterocycles. The van der Waals surface area contributed by atoms with Gasteiger partial charge in [-0.2, -0.15) is 0 Å². The zero-order chi connectivity index (χ0) is 17.6. The highest BCUT2D eigenvalue weighted by Crippen LogP contribution is 2.07. The standard InChI is InChI=1S/C18H24N4O3.2ClH/c1-20-9-11-21(12-10-20)13-16(23)14-22-17(19-25-18(22)24)8-7-15-5-3-2-4-6-15;;/h2-8,16,23H,9-14H2,1H3;2*1H/b8-7+;;. The van der Waals surface area contributed by atoms with Gasteiger partial charge in [-0.05, 0) is 18.7 Å². The Kier molecular flexibility index (Phi) is 9.76. The molecule has 0 saturated carbocycles. The molecule has 1 aromatic carbocycles. The summed E-state index contributed by atoms with van der Waals surface area (Å²) in [7, 11) is 2.09. The summed E-state index contributed by atoms with van der Waals surface area (Å²) >= 11 is 0. The van der Waals surface area contributed by atoms with Gasteiger partial charge in [-0.15, -0.1) is 24.8 Å². The van der Waals surface area contributed by atoms with E-state index in [4.69, 9.17) is 4.52 Å². The summed E-state index contributed by atoms with van der Waals surface area (Å²) in [5.74, 6) is -0.142. The van der Waals surface area contributed by atoms with Crippen LogP contribution in [0.15, 0.2) is 39.6 Å². The van der Waals surface area contributed by atoms with Gasteiger partial charge in [-0.25, -0.2) is 4.79 Å². The van der Waals surface area contributed by atoms with Gasteiger partial charge in [0.15, 0.2) is 5.82 Å². The third kappa shape index (κ3) is 6.79. The predicted molar refractivity (Wildman–Crippen MR) is 111 cm³/mol. The van der Waals surface area contributed by atoms with Crippen LogP contribution in [0.2, 0.25) is 0 Å². The average molecular weight is 417 g/mol. The lowest BCUT2D eigenvalue weighted by Crippen LogP contribution is -2.47. The van der Waals surface area contributed by atoms with Gasteiger partial charge in [0.1, 0.15) is 0 Å². The van der Waals surface area contributed by atoms with E-state index in [9.17, 15) is 9.90 Å². The predicted octanol–water partition coefficient (Wildman–Crippen LogP) is 1.46. The molecule has 0 spiro atoms. The first kappa shape index (κ1) is 23.4. The third-order valence-corrected chi connectivity index (χ3v) is 4.40. The zero-order valence-electron chi connectivity index (χ0n) is 15.2. The van der Waals surface area contributed by atoms with Crippen molar-refractivity contribution in [3.8, 4) is 0 Å². The highest BCUT2D eigenvalue weighted by Gasteiger charge is 2.19. The third-order valence-electron chi connectivity index (χ3n) is 4.40. The highest BCUT2D eigenvalue weighted by molar-refractivity contribution is 5.85. The molecule has 1 unspecified atom stereocenters. The van der Waals surface area contributed by atoms with E-state index in [1.807, 2.05) is 36.4 Å². The normalized spacial score (nSPS) is 16.7. The van der Waals surface area contributed by atoms with Crippen molar-refractivity contribution < 1.29 is 9.63 Å². The van der Waals surface area contributed by atoms with Crippen LogP contribution in [0.5, 0.6) is 0 Å². The second-order valence-electron chi connectivity index (χ2n) is 6.42. The number of rotatable bonds is 6. The Morgan fingerprint density at radius 2 is 1.78 bits per heavy atom. The Labute approximate surface area is 171 Å². The van der Waals surface area contributed by atoms with Crippen molar-refractivity contribution >= 4 is 37.0 Å². The molecule has 9 heteroatoms. The van der Waals surface area contributed by atoms with Gasteiger partial charge in [0.05, 0.1) is 12.6 Å². The monoisotopic (exact) mass is 416 g/mol. The van der Waals surface area contributed by atoms with Crippen LogP contribution in [0.1, 0.15) is 11.4 Å². The van der Waals surface area contributed by atoms with Crippen LogP contribution in [0.4, 0.5) is 0 Å². The maximum absolute atomic E-state index is 11.9. The van der Waals surface area contributed by atoms with Gasteiger partial charge in [-0.3, -0.25) is 14.0 Å². The maximum Gasteiger partial charge on any atom is 0.441 e. The van der Waals surface area contributed by atoms with Gasteiger partial charge in [-0.1, -0.05) is 41.6 Å². The molecule has 1 aromatic heterocycles. The van der Waals surface area contributed by atoms with Crippen molar-refractivity contribution in [2.75, 3.05) is 39.8 Å². The molecule has 7 nitrogen and oxygen atoms in total. The van der Waals surface area contributed by atoms with E-state index in [2.05, 4.69) is 22.0 Å². The molecule has 1 saturated heterocycles. The van der Waals surface area contributed by atoms with Crippen LogP contribution in [0.25, 0.3) is 12.2 Å². The van der Waals surface area contributed by atoms with Gasteiger partial charge in [0.2, 0.25) is 0 Å². The Morgan fingerprint density at radius 1 is 1.11 bits per heavy atom. The lowest BCUT2D eigenvalue weighted by molar-refractivity contribution is 0.0698. The number of aromatic nitrogens is 2. The number of likely N-dealkylation sites (N-methyl/N-ethyl adjacent to an activating group) is 1. The van der Waals surface area contributed by atoms with Crippen molar-refractivity contribution in [2.45, 2.75) is 12.6 Å². The molecule has 150 valence electrons. The molecule has 0 aliphatic carbocycles. The summed E-state index contributed by atoms with van der Waals surface area (Å²) in [6.07, 6.45) is 2.94. The lowest BCUT2D eigenvalue weighted by atomic mass is 10.2. The van der Waals surface area contributed by atoms with Crippen LogP contribution in [-0.4, -0.2) is 70.5 Å². The first-order valence-corrected chi connectivity index (χ1v) is 8.50. The smallest absolute Gasteiger partial charge is 0.390 e. The average Bonchev–Trinajstić information content (AvgIpc) is 2.96. The SMILES string of the molecule is CN1CCN(CC(O)Cn2c(/C=C/c3ccccc3)noc2=O)CC1.Cl.Cl. The molecule has 3 rings (SSSR count). The maximum atomic E-state index is 11.9. The van der Waals surface area contributed by atoms with Crippen LogP contribution in [0, 0.1) is 0 Å². The molecule has 1 N–H and O–H groups in total. The number of benzene rings is 1. The minimum atomic E-state index is -0.649. The molecule has 0 radical (unpaired) electrons. The zero-order valence-corrected chi connectivity index (χ0v) is 16.9. The first-order chi connectivity index (χ1) is 12.1. The quantitative estimate of drug-likeness (QED) is 0.767. The van der Waals surface area contributed by atoms with Crippen LogP contribution in [-0.2, 0) is 6.54 Å². The summed E-state index contributed by atoms with van der Waals surface area (Å²) in [5.41, 5.74) is 1.00. The highest BCUT2D eigenvalue weighted by atomic mass is 35.5. The second kappa shape index (κ2) is 11.3. The van der Waals surface area contributed by atoms with Crippen LogP contribution in [0.3, 0.4) is 0 Å². The minimum absolute atomic E-state index is 0. The summed E-state index contributed by atoms with van der Waals surface area (Å²) in [5, 5.41) is 14.2. The van der Waals surface area contributed by atoms with Gasteiger partial charge in [0.25, 0.3) is 0 Å². The van der Waals surface area contributed by atoms with Gasteiger partial charge < -0.3 is 10.0 Å². The number of hydrogen-bond donors (Lipinski definition) is 1. The fraction of sp³-hybridized carbons (Fsp3) is 0.444.